The molecule has 2 N–H and O–H groups in total. The number of amides is 2. The Morgan fingerprint density at radius 3 is 2.83 bits per heavy atom. The van der Waals surface area contributed by atoms with Gasteiger partial charge >= 0.3 is 0 Å². The Kier molecular flexibility index (Phi) is 4.17. The molecule has 1 aromatic carbocycles. The maximum atomic E-state index is 12.6. The first kappa shape index (κ1) is 15.7. The van der Waals surface area contributed by atoms with E-state index in [1.165, 1.54) is 11.3 Å². The summed E-state index contributed by atoms with van der Waals surface area (Å²) >= 11 is 1.42. The second kappa shape index (κ2) is 6.12. The first-order chi connectivity index (χ1) is 11.0. The highest BCUT2D eigenvalue weighted by atomic mass is 32.1. The molecule has 5 nitrogen and oxygen atoms in total. The van der Waals surface area contributed by atoms with Gasteiger partial charge in [-0.25, -0.2) is 4.98 Å². The van der Waals surface area contributed by atoms with Crippen molar-refractivity contribution in [3.05, 3.63) is 45.4 Å². The van der Waals surface area contributed by atoms with Crippen LogP contribution in [0.3, 0.4) is 0 Å². The van der Waals surface area contributed by atoms with E-state index in [2.05, 4.69) is 29.5 Å². The molecule has 0 fully saturated rings. The number of aryl methyl sites for hydroxylation is 1. The maximum absolute atomic E-state index is 12.6. The molecule has 0 spiro atoms. The van der Waals surface area contributed by atoms with Crippen molar-refractivity contribution < 1.29 is 9.59 Å². The van der Waals surface area contributed by atoms with Gasteiger partial charge in [-0.2, -0.15) is 0 Å². The number of fused-ring (bicyclic) bond motifs is 1. The average molecular weight is 329 g/mol. The lowest BCUT2D eigenvalue weighted by Crippen LogP contribution is -2.35. The molecule has 120 valence electrons. The second-order valence-electron chi connectivity index (χ2n) is 5.99. The molecule has 3 rings (SSSR count). The van der Waals surface area contributed by atoms with Crippen molar-refractivity contribution in [2.75, 3.05) is 5.32 Å². The monoisotopic (exact) mass is 329 g/mol. The number of hydrogen-bond acceptors (Lipinski definition) is 4. The summed E-state index contributed by atoms with van der Waals surface area (Å²) in [5.74, 6) is 0.0423. The largest absolute Gasteiger partial charge is 0.344 e. The van der Waals surface area contributed by atoms with Gasteiger partial charge in [0.15, 0.2) is 0 Å². The molecule has 23 heavy (non-hydrogen) atoms. The number of aromatic nitrogens is 1. The summed E-state index contributed by atoms with van der Waals surface area (Å²) in [5.41, 5.74) is 2.44. The van der Waals surface area contributed by atoms with Crippen LogP contribution >= 0.6 is 11.3 Å². The van der Waals surface area contributed by atoms with Crippen LogP contribution in [0, 0.1) is 6.92 Å². The molecular formula is C17H19N3O2S. The molecule has 0 unspecified atom stereocenters. The van der Waals surface area contributed by atoms with E-state index in [0.29, 0.717) is 10.8 Å². The van der Waals surface area contributed by atoms with Gasteiger partial charge in [-0.3, -0.25) is 9.59 Å². The first-order valence-corrected chi connectivity index (χ1v) is 8.44. The summed E-state index contributed by atoms with van der Waals surface area (Å²) in [6.45, 7) is 5.96. The average Bonchev–Trinajstić information content (AvgIpc) is 2.89. The molecule has 0 saturated carbocycles. The van der Waals surface area contributed by atoms with E-state index in [9.17, 15) is 9.59 Å². The highest BCUT2D eigenvalue weighted by molar-refractivity contribution is 7.13. The number of para-hydroxylation sites is 1. The third kappa shape index (κ3) is 3.12. The normalized spacial score (nSPS) is 16.9. The predicted molar refractivity (Wildman–Crippen MR) is 90.8 cm³/mol. The number of hydrogen-bond donors (Lipinski definition) is 2. The fraction of sp³-hybridized carbons (Fsp3) is 0.353. The van der Waals surface area contributed by atoms with E-state index >= 15 is 0 Å². The van der Waals surface area contributed by atoms with Gasteiger partial charge in [-0.1, -0.05) is 32.0 Å². The van der Waals surface area contributed by atoms with Gasteiger partial charge in [-0.15, -0.1) is 11.3 Å². The molecule has 2 amide bonds. The number of nitrogens with one attached hydrogen (secondary N) is 2. The lowest BCUT2D eigenvalue weighted by molar-refractivity contribution is -0.116. The molecule has 0 aliphatic carbocycles. The third-order valence-corrected chi connectivity index (χ3v) is 5.28. The van der Waals surface area contributed by atoms with E-state index < -0.39 is 0 Å². The van der Waals surface area contributed by atoms with Gasteiger partial charge in [0.25, 0.3) is 5.91 Å². The Hall–Kier alpha value is -2.21. The molecule has 2 aromatic rings. The maximum Gasteiger partial charge on any atom is 0.263 e. The van der Waals surface area contributed by atoms with Crippen molar-refractivity contribution in [2.24, 2.45) is 0 Å². The summed E-state index contributed by atoms with van der Waals surface area (Å²) < 4.78 is 0. The van der Waals surface area contributed by atoms with Gasteiger partial charge < -0.3 is 10.6 Å². The van der Waals surface area contributed by atoms with Gasteiger partial charge in [0.1, 0.15) is 4.88 Å². The molecule has 1 aliphatic rings. The molecule has 1 atom stereocenters. The van der Waals surface area contributed by atoms with E-state index in [-0.39, 0.29) is 24.3 Å². The topological polar surface area (TPSA) is 71.1 Å². The summed E-state index contributed by atoms with van der Waals surface area (Å²) in [4.78, 5) is 29.5. The van der Waals surface area contributed by atoms with Crippen LogP contribution in [0.1, 0.15) is 58.2 Å². The van der Waals surface area contributed by atoms with Crippen molar-refractivity contribution in [1.29, 1.82) is 0 Å². The van der Waals surface area contributed by atoms with Crippen LogP contribution < -0.4 is 10.6 Å². The first-order valence-electron chi connectivity index (χ1n) is 7.62. The summed E-state index contributed by atoms with van der Waals surface area (Å²) in [6.07, 6.45) is 0.248. The van der Waals surface area contributed by atoms with Crippen molar-refractivity contribution in [1.82, 2.24) is 10.3 Å². The number of benzene rings is 1. The van der Waals surface area contributed by atoms with Crippen molar-refractivity contribution >= 4 is 28.8 Å². The van der Waals surface area contributed by atoms with Crippen LogP contribution in [-0.4, -0.2) is 16.8 Å². The minimum Gasteiger partial charge on any atom is -0.344 e. The molecular weight excluding hydrogens is 310 g/mol. The summed E-state index contributed by atoms with van der Waals surface area (Å²) in [6, 6.07) is 7.24. The molecule has 0 saturated heterocycles. The smallest absolute Gasteiger partial charge is 0.263 e. The molecule has 1 aromatic heterocycles. The van der Waals surface area contributed by atoms with Gasteiger partial charge in [0, 0.05) is 11.6 Å². The molecule has 6 heteroatoms. The SMILES string of the molecule is Cc1nc(C(C)C)sc1C(=O)N[C@@H]1CC(=O)Nc2ccccc21. The summed E-state index contributed by atoms with van der Waals surface area (Å²) in [7, 11) is 0. The predicted octanol–water partition coefficient (Wildman–Crippen LogP) is 3.39. The van der Waals surface area contributed by atoms with Crippen LogP contribution in [0.4, 0.5) is 5.69 Å². The van der Waals surface area contributed by atoms with Crippen LogP contribution in [0.15, 0.2) is 24.3 Å². The number of nitrogens with zero attached hydrogens (tertiary/aromatic N) is 1. The highest BCUT2D eigenvalue weighted by Crippen LogP contribution is 2.31. The van der Waals surface area contributed by atoms with E-state index in [1.54, 1.807) is 0 Å². The lowest BCUT2D eigenvalue weighted by atomic mass is 9.97. The quantitative estimate of drug-likeness (QED) is 0.907. The summed E-state index contributed by atoms with van der Waals surface area (Å²) in [5, 5.41) is 6.77. The molecule has 2 heterocycles. The number of rotatable bonds is 3. The van der Waals surface area contributed by atoms with Crippen molar-refractivity contribution in [3.63, 3.8) is 0 Å². The molecule has 0 bridgehead atoms. The number of thiazole rings is 1. The number of carbonyl (C=O) groups is 2. The van der Waals surface area contributed by atoms with E-state index in [1.807, 2.05) is 31.2 Å². The van der Waals surface area contributed by atoms with Crippen LogP contribution in [0.5, 0.6) is 0 Å². The molecule has 0 radical (unpaired) electrons. The van der Waals surface area contributed by atoms with Crippen LogP contribution in [-0.2, 0) is 4.79 Å². The van der Waals surface area contributed by atoms with Gasteiger partial charge in [0.2, 0.25) is 5.91 Å². The number of anilines is 1. The molecule has 1 aliphatic heterocycles. The van der Waals surface area contributed by atoms with E-state index in [4.69, 9.17) is 0 Å². The third-order valence-electron chi connectivity index (χ3n) is 3.82. The number of carbonyl (C=O) groups excluding carboxylic acids is 2. The highest BCUT2D eigenvalue weighted by Gasteiger charge is 2.27. The Bertz CT molecular complexity index is 767. The Morgan fingerprint density at radius 2 is 2.13 bits per heavy atom. The fourth-order valence-corrected chi connectivity index (χ4v) is 3.61. The van der Waals surface area contributed by atoms with Gasteiger partial charge in [0.05, 0.1) is 23.2 Å². The lowest BCUT2D eigenvalue weighted by Gasteiger charge is -2.26. The second-order valence-corrected chi connectivity index (χ2v) is 7.02. The van der Waals surface area contributed by atoms with E-state index in [0.717, 1.165) is 22.0 Å². The Balaban J connectivity index is 1.85. The Labute approximate surface area is 139 Å². The van der Waals surface area contributed by atoms with Crippen molar-refractivity contribution in [3.8, 4) is 0 Å². The van der Waals surface area contributed by atoms with Crippen LogP contribution in [0.25, 0.3) is 0 Å². The zero-order valence-corrected chi connectivity index (χ0v) is 14.2. The zero-order valence-electron chi connectivity index (χ0n) is 13.3. The standard InChI is InChI=1S/C17H19N3O2S/c1-9(2)17-18-10(3)15(23-17)16(22)20-13-8-14(21)19-12-7-5-4-6-11(12)13/h4-7,9,13H,8H2,1-3H3,(H,19,21)(H,20,22)/t13-/m1/s1. The Morgan fingerprint density at radius 1 is 1.39 bits per heavy atom. The fourth-order valence-electron chi connectivity index (χ4n) is 2.64. The minimum atomic E-state index is -0.309. The zero-order chi connectivity index (χ0) is 16.6. The van der Waals surface area contributed by atoms with Crippen LogP contribution in [0.2, 0.25) is 0 Å². The van der Waals surface area contributed by atoms with Gasteiger partial charge in [-0.05, 0) is 18.6 Å². The minimum absolute atomic E-state index is 0.0853. The van der Waals surface area contributed by atoms with Crippen molar-refractivity contribution in [2.45, 2.75) is 39.2 Å².